The van der Waals surface area contributed by atoms with Crippen molar-refractivity contribution in [2.75, 3.05) is 13.2 Å². The van der Waals surface area contributed by atoms with E-state index in [1.807, 2.05) is 6.92 Å². The molecule has 1 aromatic carbocycles. The van der Waals surface area contributed by atoms with Gasteiger partial charge in [-0.05, 0) is 37.1 Å². The van der Waals surface area contributed by atoms with E-state index in [2.05, 4.69) is 11.7 Å². The Balaban J connectivity index is 0.000000563. The molecule has 1 aliphatic heterocycles. The molecule has 1 aromatic rings. The molecule has 0 amide bonds. The fourth-order valence-electron chi connectivity index (χ4n) is 4.23. The van der Waals surface area contributed by atoms with Gasteiger partial charge in [0.15, 0.2) is 11.9 Å². The zero-order chi connectivity index (χ0) is 31.2. The number of aromatic hydroxyl groups is 1. The number of carbonyl (C=O) groups is 3. The molecule has 1 aliphatic rings. The number of rotatable bonds is 20. The van der Waals surface area contributed by atoms with E-state index in [1.165, 1.54) is 88.5 Å². The molecule has 10 heteroatoms. The summed E-state index contributed by atoms with van der Waals surface area (Å²) in [6.07, 6.45) is 14.2. The van der Waals surface area contributed by atoms with Crippen molar-refractivity contribution in [3.63, 3.8) is 0 Å². The summed E-state index contributed by atoms with van der Waals surface area (Å²) in [6.45, 7) is 4.19. The average Bonchev–Trinajstić information content (AvgIpc) is 3.24. The Morgan fingerprint density at radius 1 is 0.786 bits per heavy atom. The third kappa shape index (κ3) is 15.7. The van der Waals surface area contributed by atoms with Gasteiger partial charge in [-0.15, -0.1) is 0 Å². The number of carbonyl (C=O) groups excluding carboxylic acids is 3. The fraction of sp³-hybridized carbons (Fsp3) is 0.656. The topological polar surface area (TPSA) is 160 Å². The molecule has 0 saturated heterocycles. The van der Waals surface area contributed by atoms with Crippen molar-refractivity contribution >= 4 is 17.9 Å². The van der Waals surface area contributed by atoms with Gasteiger partial charge in [0.1, 0.15) is 18.5 Å². The van der Waals surface area contributed by atoms with E-state index in [0.717, 1.165) is 25.7 Å². The van der Waals surface area contributed by atoms with Gasteiger partial charge in [-0.2, -0.15) is 0 Å². The molecular formula is C32H50O10. The molecule has 10 nitrogen and oxygen atoms in total. The minimum Gasteiger partial charge on any atom is -0.508 e. The van der Waals surface area contributed by atoms with Crippen LogP contribution in [-0.2, 0) is 23.8 Å². The van der Waals surface area contributed by atoms with Crippen LogP contribution >= 0.6 is 0 Å². The average molecular weight is 595 g/mol. The zero-order valence-electron chi connectivity index (χ0n) is 25.2. The third-order valence-corrected chi connectivity index (χ3v) is 6.73. The van der Waals surface area contributed by atoms with Crippen LogP contribution in [0.15, 0.2) is 35.8 Å². The van der Waals surface area contributed by atoms with Crippen LogP contribution in [0.5, 0.6) is 5.75 Å². The molecule has 0 bridgehead atoms. The monoisotopic (exact) mass is 594 g/mol. The van der Waals surface area contributed by atoms with Crippen LogP contribution in [-0.4, -0.2) is 63.8 Å². The molecule has 0 saturated carbocycles. The lowest BCUT2D eigenvalue weighted by molar-refractivity contribution is -0.154. The quantitative estimate of drug-likeness (QED) is 0.0737. The third-order valence-electron chi connectivity index (χ3n) is 6.73. The molecule has 238 valence electrons. The predicted molar refractivity (Wildman–Crippen MR) is 158 cm³/mol. The van der Waals surface area contributed by atoms with Gasteiger partial charge in [0, 0.05) is 6.42 Å². The first kappa shape index (κ1) is 36.8. The fourth-order valence-corrected chi connectivity index (χ4v) is 4.23. The molecule has 0 radical (unpaired) electrons. The van der Waals surface area contributed by atoms with Crippen LogP contribution in [0.25, 0.3) is 0 Å². The highest BCUT2D eigenvalue weighted by molar-refractivity contribution is 5.89. The maximum atomic E-state index is 11.7. The van der Waals surface area contributed by atoms with Gasteiger partial charge in [0.25, 0.3) is 0 Å². The minimum atomic E-state index is -1.42. The lowest BCUT2D eigenvalue weighted by atomic mass is 10.0. The van der Waals surface area contributed by atoms with E-state index >= 15 is 0 Å². The SMILES string of the molecule is CCCCCCCCCCCCCCCC(=O)OC[C@H](O)[C@H]1OC(=O)C(O)=C1O.CCCOC(=O)c1ccc(O)cc1. The molecular weight excluding hydrogens is 544 g/mol. The van der Waals surface area contributed by atoms with Crippen molar-refractivity contribution in [1.29, 1.82) is 0 Å². The van der Waals surface area contributed by atoms with E-state index in [-0.39, 0.29) is 18.1 Å². The van der Waals surface area contributed by atoms with Crippen LogP contribution in [0.3, 0.4) is 0 Å². The molecule has 2 atom stereocenters. The molecule has 0 spiro atoms. The smallest absolute Gasteiger partial charge is 0.377 e. The van der Waals surface area contributed by atoms with Crippen LogP contribution in [0.1, 0.15) is 121 Å². The Morgan fingerprint density at radius 3 is 1.79 bits per heavy atom. The van der Waals surface area contributed by atoms with Gasteiger partial charge in [-0.1, -0.05) is 90.9 Å². The highest BCUT2D eigenvalue weighted by atomic mass is 16.6. The number of aliphatic hydroxyl groups is 3. The summed E-state index contributed by atoms with van der Waals surface area (Å²) in [6, 6.07) is 5.99. The van der Waals surface area contributed by atoms with Gasteiger partial charge in [-0.25, -0.2) is 9.59 Å². The van der Waals surface area contributed by atoms with Crippen molar-refractivity contribution < 1.29 is 49.0 Å². The summed E-state index contributed by atoms with van der Waals surface area (Å²) in [4.78, 5) is 34.0. The summed E-state index contributed by atoms with van der Waals surface area (Å²) < 4.78 is 14.5. The molecule has 42 heavy (non-hydrogen) atoms. The number of esters is 3. The Bertz CT molecular complexity index is 941. The molecule has 0 aromatic heterocycles. The van der Waals surface area contributed by atoms with E-state index < -0.39 is 42.3 Å². The number of benzene rings is 1. The van der Waals surface area contributed by atoms with Gasteiger partial charge in [0.2, 0.25) is 5.76 Å². The molecule has 2 rings (SSSR count). The van der Waals surface area contributed by atoms with Crippen molar-refractivity contribution in [2.24, 2.45) is 0 Å². The van der Waals surface area contributed by atoms with E-state index in [0.29, 0.717) is 12.2 Å². The van der Waals surface area contributed by atoms with Gasteiger partial charge in [-0.3, -0.25) is 4.79 Å². The second-order valence-electron chi connectivity index (χ2n) is 10.5. The predicted octanol–water partition coefficient (Wildman–Crippen LogP) is 6.58. The second-order valence-corrected chi connectivity index (χ2v) is 10.5. The molecule has 0 unspecified atom stereocenters. The van der Waals surface area contributed by atoms with Crippen LogP contribution in [0.2, 0.25) is 0 Å². The summed E-state index contributed by atoms with van der Waals surface area (Å²) in [5, 5.41) is 37.5. The molecule has 0 aliphatic carbocycles. The highest BCUT2D eigenvalue weighted by Crippen LogP contribution is 2.21. The number of ether oxygens (including phenoxy) is 3. The maximum Gasteiger partial charge on any atom is 0.377 e. The zero-order valence-corrected chi connectivity index (χ0v) is 25.2. The first-order valence-electron chi connectivity index (χ1n) is 15.3. The number of aliphatic hydroxyl groups excluding tert-OH is 3. The van der Waals surface area contributed by atoms with Crippen molar-refractivity contribution in [2.45, 2.75) is 122 Å². The highest BCUT2D eigenvalue weighted by Gasteiger charge is 2.39. The Hall–Kier alpha value is -3.27. The van der Waals surface area contributed by atoms with Crippen molar-refractivity contribution in [3.05, 3.63) is 41.3 Å². The first-order valence-corrected chi connectivity index (χ1v) is 15.3. The number of unbranched alkanes of at least 4 members (excludes halogenated alkanes) is 12. The lowest BCUT2D eigenvalue weighted by Gasteiger charge is -2.17. The van der Waals surface area contributed by atoms with Crippen LogP contribution in [0.4, 0.5) is 0 Å². The van der Waals surface area contributed by atoms with Gasteiger partial charge < -0.3 is 34.6 Å². The summed E-state index contributed by atoms with van der Waals surface area (Å²) in [7, 11) is 0. The summed E-state index contributed by atoms with van der Waals surface area (Å²) >= 11 is 0. The molecule has 4 N–H and O–H groups in total. The lowest BCUT2D eigenvalue weighted by Crippen LogP contribution is -2.33. The van der Waals surface area contributed by atoms with Crippen LogP contribution in [0, 0.1) is 0 Å². The Kier molecular flexibility index (Phi) is 19.6. The first-order chi connectivity index (χ1) is 20.2. The summed E-state index contributed by atoms with van der Waals surface area (Å²) in [5.41, 5.74) is 0.464. The van der Waals surface area contributed by atoms with Gasteiger partial charge in [0.05, 0.1) is 12.2 Å². The second kappa shape index (κ2) is 22.3. The molecule has 0 fully saturated rings. The largest absolute Gasteiger partial charge is 0.508 e. The number of hydrogen-bond donors (Lipinski definition) is 4. The number of phenols is 1. The van der Waals surface area contributed by atoms with E-state index in [4.69, 9.17) is 14.6 Å². The normalized spacial score (nSPS) is 15.0. The summed E-state index contributed by atoms with van der Waals surface area (Å²) in [5.74, 6) is -3.41. The molecule has 1 heterocycles. The maximum absolute atomic E-state index is 11.7. The van der Waals surface area contributed by atoms with Crippen molar-refractivity contribution in [1.82, 2.24) is 0 Å². The van der Waals surface area contributed by atoms with Crippen LogP contribution < -0.4 is 0 Å². The number of phenolic OH excluding ortho intramolecular Hbond substituents is 1. The van der Waals surface area contributed by atoms with Gasteiger partial charge >= 0.3 is 17.9 Å². The van der Waals surface area contributed by atoms with Crippen molar-refractivity contribution in [3.8, 4) is 5.75 Å². The van der Waals surface area contributed by atoms with E-state index in [9.17, 15) is 29.7 Å². The Morgan fingerprint density at radius 2 is 1.31 bits per heavy atom. The number of hydrogen-bond acceptors (Lipinski definition) is 10. The number of cyclic esters (lactones) is 1. The minimum absolute atomic E-state index is 0.145. The standard InChI is InChI=1S/C22H38O7.C10H12O3/c1-2-3-4-5-6-7-8-9-10-11-12-13-14-15-18(24)28-16-17(23)21-19(25)20(26)22(27)29-21;1-2-7-13-10(12)8-3-5-9(11)6-4-8/h17,21,23,25-26H,2-16H2,1H3;3-6,11H,2,7H2,1H3/t17-,21+;/m0./s1. The Labute approximate surface area is 249 Å². The van der Waals surface area contributed by atoms with E-state index in [1.54, 1.807) is 0 Å².